The summed E-state index contributed by atoms with van der Waals surface area (Å²) in [5.74, 6) is -0.728. The topological polar surface area (TPSA) is 52.6 Å². The molecule has 0 radical (unpaired) electrons. The molecule has 15 heavy (non-hydrogen) atoms. The van der Waals surface area contributed by atoms with Crippen LogP contribution in [0.3, 0.4) is 0 Å². The Balaban J connectivity index is 4.18. The highest BCUT2D eigenvalue weighted by molar-refractivity contribution is 5.67. The predicted molar refractivity (Wildman–Crippen MR) is 55.1 cm³/mol. The number of rotatable bonds is 5. The first-order valence-electron chi connectivity index (χ1n) is 4.82. The zero-order chi connectivity index (χ0) is 12.1. The van der Waals surface area contributed by atoms with Gasteiger partial charge < -0.3 is 14.0 Å². The summed E-state index contributed by atoms with van der Waals surface area (Å²) >= 11 is 0. The zero-order valence-electron chi connectivity index (χ0n) is 10.1. The summed E-state index contributed by atoms with van der Waals surface area (Å²) < 4.78 is 10.5. The minimum atomic E-state index is -0.383. The number of esters is 2. The highest BCUT2D eigenvalue weighted by Crippen LogP contribution is 2.01. The van der Waals surface area contributed by atoms with Gasteiger partial charge in [0.25, 0.3) is 0 Å². The molecule has 88 valence electrons. The Labute approximate surface area is 90.5 Å². The highest BCUT2D eigenvalue weighted by Gasteiger charge is 2.21. The molecular formula is C10H20NO4+. The Morgan fingerprint density at radius 3 is 2.00 bits per heavy atom. The van der Waals surface area contributed by atoms with E-state index < -0.39 is 0 Å². The van der Waals surface area contributed by atoms with Crippen molar-refractivity contribution in [1.82, 2.24) is 0 Å². The maximum Gasteiger partial charge on any atom is 0.303 e. The molecule has 0 rings (SSSR count). The van der Waals surface area contributed by atoms with Crippen LogP contribution in [0, 0.1) is 0 Å². The third-order valence-corrected chi connectivity index (χ3v) is 1.56. The number of nitrogens with zero attached hydrogens (tertiary/aromatic N) is 1. The van der Waals surface area contributed by atoms with Crippen LogP contribution in [-0.4, -0.2) is 56.8 Å². The Bertz CT molecular complexity index is 232. The summed E-state index contributed by atoms with van der Waals surface area (Å²) in [5.41, 5.74) is 0. The second-order valence-corrected chi connectivity index (χ2v) is 4.51. The number of hydrogen-bond donors (Lipinski definition) is 0. The average molecular weight is 218 g/mol. The molecule has 0 saturated carbocycles. The first-order chi connectivity index (χ1) is 6.70. The van der Waals surface area contributed by atoms with Crippen molar-refractivity contribution in [3.05, 3.63) is 0 Å². The number of quaternary nitrogens is 1. The van der Waals surface area contributed by atoms with Gasteiger partial charge in [-0.15, -0.1) is 0 Å². The minimum absolute atomic E-state index is 0.116. The lowest BCUT2D eigenvalue weighted by Gasteiger charge is -2.28. The Kier molecular flexibility index (Phi) is 5.28. The molecular weight excluding hydrogens is 198 g/mol. The average Bonchev–Trinajstić information content (AvgIpc) is 1.95. The fraction of sp³-hybridized carbons (Fsp3) is 0.800. The van der Waals surface area contributed by atoms with Gasteiger partial charge in [-0.25, -0.2) is 0 Å². The minimum Gasteiger partial charge on any atom is -0.462 e. The second-order valence-electron chi connectivity index (χ2n) is 4.51. The first kappa shape index (κ1) is 13.9. The first-order valence-corrected chi connectivity index (χ1v) is 4.82. The van der Waals surface area contributed by atoms with Gasteiger partial charge in [0, 0.05) is 13.8 Å². The van der Waals surface area contributed by atoms with E-state index in [1.165, 1.54) is 13.8 Å². The van der Waals surface area contributed by atoms with Crippen LogP contribution >= 0.6 is 0 Å². The standard InChI is InChI=1S/C10H20NO4/c1-8(12)14-7-10(15-9(2)13)6-11(3,4)5/h10H,6-7H2,1-5H3/q+1. The molecule has 0 bridgehead atoms. The predicted octanol–water partition coefficient (Wildman–Crippen LogP) is 0.187. The van der Waals surface area contributed by atoms with E-state index in [2.05, 4.69) is 0 Å². The van der Waals surface area contributed by atoms with Gasteiger partial charge in [-0.05, 0) is 0 Å². The summed E-state index contributed by atoms with van der Waals surface area (Å²) in [6.45, 7) is 3.39. The van der Waals surface area contributed by atoms with Crippen LogP contribution in [0.1, 0.15) is 13.8 Å². The molecule has 0 aromatic rings. The third-order valence-electron chi connectivity index (χ3n) is 1.56. The molecule has 1 unspecified atom stereocenters. The van der Waals surface area contributed by atoms with Crippen molar-refractivity contribution in [3.63, 3.8) is 0 Å². The van der Waals surface area contributed by atoms with Crippen LogP contribution in [0.25, 0.3) is 0 Å². The van der Waals surface area contributed by atoms with Crippen molar-refractivity contribution >= 4 is 11.9 Å². The summed E-state index contributed by atoms with van der Waals surface area (Å²) in [5, 5.41) is 0. The van der Waals surface area contributed by atoms with Gasteiger partial charge in [0.05, 0.1) is 21.1 Å². The van der Waals surface area contributed by atoms with Gasteiger partial charge in [0.15, 0.2) is 6.10 Å². The second kappa shape index (κ2) is 5.70. The van der Waals surface area contributed by atoms with E-state index in [-0.39, 0.29) is 24.6 Å². The largest absolute Gasteiger partial charge is 0.462 e. The van der Waals surface area contributed by atoms with E-state index in [1.807, 2.05) is 21.1 Å². The van der Waals surface area contributed by atoms with E-state index in [1.54, 1.807) is 0 Å². The van der Waals surface area contributed by atoms with Crippen LogP contribution in [0.2, 0.25) is 0 Å². The van der Waals surface area contributed by atoms with Gasteiger partial charge in [0.1, 0.15) is 13.2 Å². The molecule has 1 atom stereocenters. The fourth-order valence-electron chi connectivity index (χ4n) is 1.18. The molecule has 0 amide bonds. The lowest BCUT2D eigenvalue weighted by Crippen LogP contribution is -2.44. The normalized spacial score (nSPS) is 13.1. The van der Waals surface area contributed by atoms with E-state index >= 15 is 0 Å². The van der Waals surface area contributed by atoms with Crippen molar-refractivity contribution in [3.8, 4) is 0 Å². The van der Waals surface area contributed by atoms with E-state index in [9.17, 15) is 9.59 Å². The SMILES string of the molecule is CC(=O)OCC(C[N+](C)(C)C)OC(C)=O. The van der Waals surface area contributed by atoms with Crippen LogP contribution in [0.5, 0.6) is 0 Å². The smallest absolute Gasteiger partial charge is 0.303 e. The monoisotopic (exact) mass is 218 g/mol. The molecule has 0 heterocycles. The number of carbonyl (C=O) groups excluding carboxylic acids is 2. The lowest BCUT2D eigenvalue weighted by atomic mass is 10.3. The Morgan fingerprint density at radius 1 is 1.13 bits per heavy atom. The molecule has 0 N–H and O–H groups in total. The van der Waals surface area contributed by atoms with Crippen LogP contribution in [-0.2, 0) is 19.1 Å². The van der Waals surface area contributed by atoms with Crippen molar-refractivity contribution in [2.45, 2.75) is 20.0 Å². The quantitative estimate of drug-likeness (QED) is 0.488. The molecule has 0 fully saturated rings. The number of carbonyl (C=O) groups is 2. The highest BCUT2D eigenvalue weighted by atomic mass is 16.6. The molecule has 5 nitrogen and oxygen atoms in total. The molecule has 0 aliphatic rings. The van der Waals surface area contributed by atoms with E-state index in [0.29, 0.717) is 11.0 Å². The molecule has 5 heteroatoms. The summed E-state index contributed by atoms with van der Waals surface area (Å²) in [4.78, 5) is 21.4. The fourth-order valence-corrected chi connectivity index (χ4v) is 1.18. The van der Waals surface area contributed by atoms with E-state index in [0.717, 1.165) is 0 Å². The molecule has 0 spiro atoms. The molecule has 0 aliphatic carbocycles. The molecule has 0 aromatic carbocycles. The van der Waals surface area contributed by atoms with Crippen LogP contribution < -0.4 is 0 Å². The van der Waals surface area contributed by atoms with Crippen molar-refractivity contribution in [2.24, 2.45) is 0 Å². The van der Waals surface area contributed by atoms with Crippen LogP contribution in [0.15, 0.2) is 0 Å². The van der Waals surface area contributed by atoms with E-state index in [4.69, 9.17) is 9.47 Å². The van der Waals surface area contributed by atoms with Crippen molar-refractivity contribution in [2.75, 3.05) is 34.3 Å². The molecule has 0 aliphatic heterocycles. The summed E-state index contributed by atoms with van der Waals surface area (Å²) in [7, 11) is 5.93. The van der Waals surface area contributed by atoms with Gasteiger partial charge in [0.2, 0.25) is 0 Å². The van der Waals surface area contributed by atoms with Gasteiger partial charge in [-0.1, -0.05) is 0 Å². The van der Waals surface area contributed by atoms with Gasteiger partial charge in [-0.3, -0.25) is 9.59 Å². The number of hydrogen-bond acceptors (Lipinski definition) is 4. The lowest BCUT2D eigenvalue weighted by molar-refractivity contribution is -0.873. The third kappa shape index (κ3) is 9.21. The maximum absolute atomic E-state index is 10.8. The van der Waals surface area contributed by atoms with Crippen molar-refractivity contribution in [1.29, 1.82) is 0 Å². The Morgan fingerprint density at radius 2 is 1.67 bits per heavy atom. The van der Waals surface area contributed by atoms with Gasteiger partial charge >= 0.3 is 11.9 Å². The summed E-state index contributed by atoms with van der Waals surface area (Å²) in [6.07, 6.45) is -0.383. The zero-order valence-corrected chi connectivity index (χ0v) is 10.1. The molecule has 0 saturated heterocycles. The number of ether oxygens (including phenoxy) is 2. The van der Waals surface area contributed by atoms with Crippen molar-refractivity contribution < 1.29 is 23.5 Å². The number of likely N-dealkylation sites (N-methyl/N-ethyl adjacent to an activating group) is 1. The van der Waals surface area contributed by atoms with Crippen LogP contribution in [0.4, 0.5) is 0 Å². The maximum atomic E-state index is 10.8. The summed E-state index contributed by atoms with van der Waals surface area (Å²) in [6, 6.07) is 0. The van der Waals surface area contributed by atoms with Gasteiger partial charge in [-0.2, -0.15) is 0 Å². The molecule has 0 aromatic heterocycles. The Hall–Kier alpha value is -1.10.